The van der Waals surface area contributed by atoms with E-state index < -0.39 is 15.8 Å². The summed E-state index contributed by atoms with van der Waals surface area (Å²) in [5.74, 6) is 0.353. The largest absolute Gasteiger partial charge is 0.497 e. The third-order valence-corrected chi connectivity index (χ3v) is 5.28. The molecule has 0 aromatic heterocycles. The van der Waals surface area contributed by atoms with E-state index in [0.717, 1.165) is 11.3 Å². The molecule has 5 nitrogen and oxygen atoms in total. The number of amides is 1. The number of methoxy groups -OCH3 is 1. The van der Waals surface area contributed by atoms with Crippen LogP contribution in [0.15, 0.2) is 24.3 Å². The number of hydrogen-bond donors (Lipinski definition) is 1. The summed E-state index contributed by atoms with van der Waals surface area (Å²) in [4.78, 5) is 12.0. The molecule has 20 heavy (non-hydrogen) atoms. The van der Waals surface area contributed by atoms with Gasteiger partial charge in [0.1, 0.15) is 5.75 Å². The van der Waals surface area contributed by atoms with Crippen molar-refractivity contribution in [2.45, 2.75) is 19.4 Å². The molecular formula is C14H19NO4S. The first kappa shape index (κ1) is 14.8. The summed E-state index contributed by atoms with van der Waals surface area (Å²) >= 11 is 0. The fourth-order valence-electron chi connectivity index (χ4n) is 2.31. The van der Waals surface area contributed by atoms with Crippen LogP contribution in [0.5, 0.6) is 5.75 Å². The Morgan fingerprint density at radius 1 is 1.35 bits per heavy atom. The molecule has 0 spiro atoms. The lowest BCUT2D eigenvalue weighted by atomic mass is 10.0. The summed E-state index contributed by atoms with van der Waals surface area (Å²) in [5, 5.41) is 2.80. The van der Waals surface area contributed by atoms with Crippen LogP contribution in [0.4, 0.5) is 0 Å². The van der Waals surface area contributed by atoms with Crippen LogP contribution in [-0.4, -0.2) is 32.9 Å². The van der Waals surface area contributed by atoms with Crippen LogP contribution >= 0.6 is 0 Å². The van der Waals surface area contributed by atoms with E-state index in [1.165, 1.54) is 0 Å². The van der Waals surface area contributed by atoms with Gasteiger partial charge in [0.25, 0.3) is 0 Å². The van der Waals surface area contributed by atoms with Gasteiger partial charge in [-0.15, -0.1) is 0 Å². The molecule has 2 rings (SSSR count). The molecule has 0 aliphatic carbocycles. The highest BCUT2D eigenvalue weighted by Gasteiger charge is 2.29. The first-order valence-electron chi connectivity index (χ1n) is 6.61. The minimum absolute atomic E-state index is 0.0263. The van der Waals surface area contributed by atoms with Crippen LogP contribution in [-0.2, 0) is 21.2 Å². The topological polar surface area (TPSA) is 72.5 Å². The Labute approximate surface area is 119 Å². The molecule has 1 heterocycles. The molecule has 0 saturated carbocycles. The quantitative estimate of drug-likeness (QED) is 0.904. The summed E-state index contributed by atoms with van der Waals surface area (Å²) in [6, 6.07) is 7.40. The number of carbonyl (C=O) groups is 1. The number of sulfone groups is 1. The number of carbonyl (C=O) groups excluding carboxylic acids is 1. The van der Waals surface area contributed by atoms with Crippen molar-refractivity contribution in [2.75, 3.05) is 18.6 Å². The normalized spacial score (nSPS) is 21.1. The van der Waals surface area contributed by atoms with E-state index >= 15 is 0 Å². The number of rotatable bonds is 4. The Morgan fingerprint density at radius 2 is 2.05 bits per heavy atom. The molecule has 1 aromatic rings. The summed E-state index contributed by atoms with van der Waals surface area (Å²) in [6.07, 6.45) is 1.22. The van der Waals surface area contributed by atoms with E-state index in [1.807, 2.05) is 24.3 Å². The fourth-order valence-corrected chi connectivity index (χ4v) is 4.01. The second kappa shape index (κ2) is 6.26. The average molecular weight is 297 g/mol. The molecule has 1 aromatic carbocycles. The highest BCUT2D eigenvalue weighted by molar-refractivity contribution is 7.91. The predicted molar refractivity (Wildman–Crippen MR) is 76.2 cm³/mol. The van der Waals surface area contributed by atoms with Gasteiger partial charge in [-0.1, -0.05) is 12.1 Å². The zero-order chi connectivity index (χ0) is 14.6. The lowest BCUT2D eigenvalue weighted by Crippen LogP contribution is -2.37. The summed E-state index contributed by atoms with van der Waals surface area (Å²) in [6.45, 7) is 0.402. The van der Waals surface area contributed by atoms with Crippen LogP contribution in [0.25, 0.3) is 0 Å². The zero-order valence-electron chi connectivity index (χ0n) is 11.5. The van der Waals surface area contributed by atoms with E-state index in [1.54, 1.807) is 7.11 Å². The van der Waals surface area contributed by atoms with Crippen molar-refractivity contribution < 1.29 is 17.9 Å². The zero-order valence-corrected chi connectivity index (χ0v) is 12.3. The molecule has 1 saturated heterocycles. The minimum atomic E-state index is -3.05. The molecule has 1 aliphatic heterocycles. The molecule has 110 valence electrons. The van der Waals surface area contributed by atoms with Gasteiger partial charge in [-0.25, -0.2) is 8.42 Å². The predicted octanol–water partition coefficient (Wildman–Crippen LogP) is 1.14. The lowest BCUT2D eigenvalue weighted by molar-refractivity contribution is -0.124. The van der Waals surface area contributed by atoms with Crippen LogP contribution < -0.4 is 10.1 Å². The van der Waals surface area contributed by atoms with Gasteiger partial charge in [-0.05, 0) is 30.5 Å². The highest BCUT2D eigenvalue weighted by atomic mass is 32.2. The van der Waals surface area contributed by atoms with Gasteiger partial charge in [-0.3, -0.25) is 4.79 Å². The van der Waals surface area contributed by atoms with Gasteiger partial charge in [0, 0.05) is 6.54 Å². The molecule has 1 amide bonds. The molecule has 0 bridgehead atoms. The van der Waals surface area contributed by atoms with Crippen LogP contribution in [0.1, 0.15) is 18.4 Å². The number of ether oxygens (including phenoxy) is 1. The molecule has 1 atom stereocenters. The smallest absolute Gasteiger partial charge is 0.224 e. The minimum Gasteiger partial charge on any atom is -0.497 e. The van der Waals surface area contributed by atoms with Crippen molar-refractivity contribution in [1.82, 2.24) is 5.32 Å². The monoisotopic (exact) mass is 297 g/mol. The van der Waals surface area contributed by atoms with Crippen molar-refractivity contribution in [3.8, 4) is 5.75 Å². The van der Waals surface area contributed by atoms with Gasteiger partial charge in [0.2, 0.25) is 5.91 Å². The standard InChI is InChI=1S/C14H19NO4S/c1-19-13-6-4-11(5-7-13)9-15-14(16)12-3-2-8-20(17,18)10-12/h4-7,12H,2-3,8-10H2,1H3,(H,15,16). The van der Waals surface area contributed by atoms with Crippen molar-refractivity contribution in [3.63, 3.8) is 0 Å². The van der Waals surface area contributed by atoms with Crippen LogP contribution in [0.2, 0.25) is 0 Å². The molecule has 1 aliphatic rings. The maximum absolute atomic E-state index is 12.0. The summed E-state index contributed by atoms with van der Waals surface area (Å²) in [5.41, 5.74) is 0.956. The van der Waals surface area contributed by atoms with E-state index in [-0.39, 0.29) is 17.4 Å². The second-order valence-electron chi connectivity index (χ2n) is 5.02. The average Bonchev–Trinajstić information content (AvgIpc) is 2.44. The molecular weight excluding hydrogens is 278 g/mol. The van der Waals surface area contributed by atoms with Crippen molar-refractivity contribution in [1.29, 1.82) is 0 Å². The van der Waals surface area contributed by atoms with E-state index in [4.69, 9.17) is 4.74 Å². The maximum Gasteiger partial charge on any atom is 0.224 e. The van der Waals surface area contributed by atoms with E-state index in [0.29, 0.717) is 19.4 Å². The number of nitrogens with one attached hydrogen (secondary N) is 1. The van der Waals surface area contributed by atoms with E-state index in [9.17, 15) is 13.2 Å². The van der Waals surface area contributed by atoms with Gasteiger partial charge in [0.05, 0.1) is 24.5 Å². The Morgan fingerprint density at radius 3 is 2.65 bits per heavy atom. The third-order valence-electron chi connectivity index (χ3n) is 3.46. The lowest BCUT2D eigenvalue weighted by Gasteiger charge is -2.21. The molecule has 6 heteroatoms. The first-order chi connectivity index (χ1) is 9.50. The Hall–Kier alpha value is -1.56. The van der Waals surface area contributed by atoms with Gasteiger partial charge < -0.3 is 10.1 Å². The Bertz CT molecular complexity index is 565. The number of hydrogen-bond acceptors (Lipinski definition) is 4. The van der Waals surface area contributed by atoms with Crippen molar-refractivity contribution >= 4 is 15.7 Å². The van der Waals surface area contributed by atoms with Crippen molar-refractivity contribution in [2.24, 2.45) is 5.92 Å². The summed E-state index contributed by atoms with van der Waals surface area (Å²) in [7, 11) is -1.45. The Balaban J connectivity index is 1.88. The highest BCUT2D eigenvalue weighted by Crippen LogP contribution is 2.18. The molecule has 1 fully saturated rings. The van der Waals surface area contributed by atoms with E-state index in [2.05, 4.69) is 5.32 Å². The summed E-state index contributed by atoms with van der Waals surface area (Å²) < 4.78 is 28.1. The van der Waals surface area contributed by atoms with Crippen LogP contribution in [0.3, 0.4) is 0 Å². The van der Waals surface area contributed by atoms with Gasteiger partial charge >= 0.3 is 0 Å². The van der Waals surface area contributed by atoms with Gasteiger partial charge in [-0.2, -0.15) is 0 Å². The third kappa shape index (κ3) is 3.96. The SMILES string of the molecule is COc1ccc(CNC(=O)C2CCCS(=O)(=O)C2)cc1. The second-order valence-corrected chi connectivity index (χ2v) is 7.25. The van der Waals surface area contributed by atoms with Crippen molar-refractivity contribution in [3.05, 3.63) is 29.8 Å². The number of benzene rings is 1. The molecule has 0 radical (unpaired) electrons. The van der Waals surface area contributed by atoms with Crippen LogP contribution in [0, 0.1) is 5.92 Å². The first-order valence-corrected chi connectivity index (χ1v) is 8.43. The molecule has 1 N–H and O–H groups in total. The maximum atomic E-state index is 12.0. The van der Waals surface area contributed by atoms with Gasteiger partial charge in [0.15, 0.2) is 9.84 Å². The fraction of sp³-hybridized carbons (Fsp3) is 0.500. The molecule has 1 unspecified atom stereocenters. The Kier molecular flexibility index (Phi) is 4.65.